The molecule has 0 aliphatic heterocycles. The van der Waals surface area contributed by atoms with Crippen molar-refractivity contribution in [3.8, 4) is 0 Å². The van der Waals surface area contributed by atoms with E-state index in [1.54, 1.807) is 0 Å². The van der Waals surface area contributed by atoms with Crippen LogP contribution in [0.25, 0.3) is 0 Å². The van der Waals surface area contributed by atoms with Gasteiger partial charge in [0.25, 0.3) is 0 Å². The first kappa shape index (κ1) is 21.9. The maximum Gasteiger partial charge on any atom is 0.317 e. The Morgan fingerprint density at radius 1 is 0.870 bits per heavy atom. The summed E-state index contributed by atoms with van der Waals surface area (Å²) in [6.45, 7) is 10.4. The van der Waals surface area contributed by atoms with Crippen LogP contribution in [0.1, 0.15) is 92.4 Å². The lowest BCUT2D eigenvalue weighted by Gasteiger charge is -2.26. The molecule has 0 aromatic rings. The van der Waals surface area contributed by atoms with Crippen LogP contribution in [0.15, 0.2) is 0 Å². The second-order valence-electron chi connectivity index (χ2n) is 7.37. The molecule has 0 aliphatic carbocycles. The maximum absolute atomic E-state index is 11.6. The molecule has 0 saturated carbocycles. The second-order valence-corrected chi connectivity index (χ2v) is 7.37. The average molecular weight is 328 g/mol. The summed E-state index contributed by atoms with van der Waals surface area (Å²) >= 11 is 0. The van der Waals surface area contributed by atoms with Gasteiger partial charge in [-0.25, -0.2) is 0 Å². The van der Waals surface area contributed by atoms with Crippen LogP contribution in [0.2, 0.25) is 0 Å². The quantitative estimate of drug-likeness (QED) is 0.286. The number of esters is 2. The molecule has 0 heterocycles. The zero-order chi connectivity index (χ0) is 17.7. The molecule has 0 fully saturated rings. The Bertz CT molecular complexity index is 331. The predicted molar refractivity (Wildman–Crippen MR) is 93.2 cm³/mol. The molecule has 0 amide bonds. The molecule has 136 valence electrons. The minimum absolute atomic E-state index is 0.128. The highest BCUT2D eigenvalue weighted by Gasteiger charge is 2.24. The minimum atomic E-state index is -0.506. The minimum Gasteiger partial charge on any atom is -0.465 e. The summed E-state index contributed by atoms with van der Waals surface area (Å²) in [5.41, 5.74) is -0.128. The zero-order valence-electron chi connectivity index (χ0n) is 15.8. The van der Waals surface area contributed by atoms with Gasteiger partial charge in [-0.3, -0.25) is 9.59 Å². The average Bonchev–Trinajstić information content (AvgIpc) is 2.44. The van der Waals surface area contributed by atoms with Crippen molar-refractivity contribution >= 4 is 11.9 Å². The number of carbonyl (C=O) groups excluding carboxylic acids is 2. The molecule has 4 heteroatoms. The highest BCUT2D eigenvalue weighted by atomic mass is 16.6. The second kappa shape index (κ2) is 12.4. The van der Waals surface area contributed by atoms with Gasteiger partial charge in [0.1, 0.15) is 12.5 Å². The van der Waals surface area contributed by atoms with Crippen molar-refractivity contribution < 1.29 is 19.1 Å². The Labute approximate surface area is 142 Å². The summed E-state index contributed by atoms with van der Waals surface area (Å²) in [5, 5.41) is 0. The third-order valence-corrected chi connectivity index (χ3v) is 4.08. The van der Waals surface area contributed by atoms with E-state index >= 15 is 0 Å². The van der Waals surface area contributed by atoms with Gasteiger partial charge >= 0.3 is 11.9 Å². The lowest BCUT2D eigenvalue weighted by atomic mass is 9.90. The monoisotopic (exact) mass is 328 g/mol. The van der Waals surface area contributed by atoms with E-state index in [2.05, 4.69) is 6.92 Å². The van der Waals surface area contributed by atoms with E-state index in [1.807, 2.05) is 27.7 Å². The Morgan fingerprint density at radius 2 is 1.39 bits per heavy atom. The summed E-state index contributed by atoms with van der Waals surface area (Å²) < 4.78 is 10.3. The van der Waals surface area contributed by atoms with Crippen molar-refractivity contribution in [2.45, 2.75) is 98.5 Å². The molecule has 0 aliphatic rings. The van der Waals surface area contributed by atoms with Gasteiger partial charge in [-0.1, -0.05) is 72.6 Å². The van der Waals surface area contributed by atoms with Gasteiger partial charge in [0, 0.05) is 0 Å². The Hall–Kier alpha value is -1.06. The third-order valence-electron chi connectivity index (χ3n) is 4.08. The normalized spacial score (nSPS) is 12.7. The summed E-state index contributed by atoms with van der Waals surface area (Å²) in [7, 11) is 0. The van der Waals surface area contributed by atoms with E-state index in [4.69, 9.17) is 9.47 Å². The molecular weight excluding hydrogens is 292 g/mol. The van der Waals surface area contributed by atoms with Crippen molar-refractivity contribution in [3.63, 3.8) is 0 Å². The van der Waals surface area contributed by atoms with Crippen molar-refractivity contribution in [3.05, 3.63) is 0 Å². The predicted octanol–water partition coefficient (Wildman–Crippen LogP) is 5.04. The van der Waals surface area contributed by atoms with Gasteiger partial charge in [0.2, 0.25) is 0 Å². The Kier molecular flexibility index (Phi) is 11.8. The van der Waals surface area contributed by atoms with Gasteiger partial charge in [0.05, 0.1) is 6.61 Å². The maximum atomic E-state index is 11.6. The first-order valence-electron chi connectivity index (χ1n) is 9.12. The highest BCUT2D eigenvalue weighted by Crippen LogP contribution is 2.22. The fourth-order valence-electron chi connectivity index (χ4n) is 2.01. The van der Waals surface area contributed by atoms with Crippen LogP contribution >= 0.6 is 0 Å². The fraction of sp³-hybridized carbons (Fsp3) is 0.895. The summed E-state index contributed by atoms with van der Waals surface area (Å²) in [4.78, 5) is 23.2. The molecule has 23 heavy (non-hydrogen) atoms. The summed E-state index contributed by atoms with van der Waals surface area (Å²) in [6.07, 6.45) is 9.07. The van der Waals surface area contributed by atoms with Crippen molar-refractivity contribution in [1.29, 1.82) is 0 Å². The van der Waals surface area contributed by atoms with E-state index in [0.717, 1.165) is 12.8 Å². The number of rotatable bonds is 12. The first-order chi connectivity index (χ1) is 10.8. The summed E-state index contributed by atoms with van der Waals surface area (Å²) in [6, 6.07) is 0. The standard InChI is InChI=1S/C19H36O4/c1-6-7-8-9-10-11-12-13-14-22-17(20)15-18(21)23-16(2)19(3,4)5/h16H,6-15H2,1-5H3. The van der Waals surface area contributed by atoms with Crippen molar-refractivity contribution in [2.75, 3.05) is 6.61 Å². The zero-order valence-corrected chi connectivity index (χ0v) is 15.8. The number of unbranched alkanes of at least 4 members (excludes halogenated alkanes) is 7. The Morgan fingerprint density at radius 3 is 1.91 bits per heavy atom. The van der Waals surface area contributed by atoms with Gasteiger partial charge in [-0.05, 0) is 18.8 Å². The largest absolute Gasteiger partial charge is 0.465 e. The van der Waals surface area contributed by atoms with Crippen LogP contribution in [0, 0.1) is 5.41 Å². The molecule has 1 unspecified atom stereocenters. The topological polar surface area (TPSA) is 52.6 Å². The molecule has 0 radical (unpaired) electrons. The van der Waals surface area contributed by atoms with Crippen molar-refractivity contribution in [1.82, 2.24) is 0 Å². The van der Waals surface area contributed by atoms with Crippen LogP contribution in [0.3, 0.4) is 0 Å². The smallest absolute Gasteiger partial charge is 0.317 e. The lowest BCUT2D eigenvalue weighted by Crippen LogP contribution is -2.29. The molecule has 0 saturated heterocycles. The van der Waals surface area contributed by atoms with Crippen molar-refractivity contribution in [2.24, 2.45) is 5.41 Å². The first-order valence-corrected chi connectivity index (χ1v) is 9.12. The molecule has 1 atom stereocenters. The van der Waals surface area contributed by atoms with E-state index in [0.29, 0.717) is 6.61 Å². The SMILES string of the molecule is CCCCCCCCCCOC(=O)CC(=O)OC(C)C(C)(C)C. The molecule has 0 aromatic heterocycles. The van der Waals surface area contributed by atoms with Crippen LogP contribution in [0.4, 0.5) is 0 Å². The Balaban J connectivity index is 3.58. The molecule has 0 N–H and O–H groups in total. The van der Waals surface area contributed by atoms with Crippen LogP contribution < -0.4 is 0 Å². The molecule has 0 aromatic carbocycles. The number of hydrogen-bond donors (Lipinski definition) is 0. The van der Waals surface area contributed by atoms with Gasteiger partial charge in [-0.15, -0.1) is 0 Å². The van der Waals surface area contributed by atoms with E-state index in [9.17, 15) is 9.59 Å². The molecule has 0 spiro atoms. The van der Waals surface area contributed by atoms with E-state index < -0.39 is 11.9 Å². The number of hydrogen-bond acceptors (Lipinski definition) is 4. The van der Waals surface area contributed by atoms with Crippen LogP contribution in [-0.2, 0) is 19.1 Å². The molecule has 0 rings (SSSR count). The molecule has 0 bridgehead atoms. The van der Waals surface area contributed by atoms with Gasteiger partial charge < -0.3 is 9.47 Å². The van der Waals surface area contributed by atoms with E-state index in [1.165, 1.54) is 38.5 Å². The van der Waals surface area contributed by atoms with Crippen LogP contribution in [0.5, 0.6) is 0 Å². The number of carbonyl (C=O) groups is 2. The number of ether oxygens (including phenoxy) is 2. The molecular formula is C19H36O4. The fourth-order valence-corrected chi connectivity index (χ4v) is 2.01. The van der Waals surface area contributed by atoms with E-state index in [-0.39, 0.29) is 17.9 Å². The summed E-state index contributed by atoms with van der Waals surface area (Å²) in [5.74, 6) is -0.993. The highest BCUT2D eigenvalue weighted by molar-refractivity contribution is 5.91. The van der Waals surface area contributed by atoms with Gasteiger partial charge in [0.15, 0.2) is 0 Å². The van der Waals surface area contributed by atoms with Gasteiger partial charge in [-0.2, -0.15) is 0 Å². The third kappa shape index (κ3) is 13.1. The lowest BCUT2D eigenvalue weighted by molar-refractivity contribution is -0.160. The molecule has 4 nitrogen and oxygen atoms in total. The van der Waals surface area contributed by atoms with Crippen LogP contribution in [-0.4, -0.2) is 24.6 Å².